The van der Waals surface area contributed by atoms with Gasteiger partial charge in [0.2, 0.25) is 5.91 Å². The van der Waals surface area contributed by atoms with Crippen LogP contribution in [-0.4, -0.2) is 11.0 Å². The zero-order valence-electron chi connectivity index (χ0n) is 11.8. The first kappa shape index (κ1) is 14.1. The molecule has 0 aromatic heterocycles. The zero-order valence-corrected chi connectivity index (χ0v) is 11.8. The van der Waals surface area contributed by atoms with Crippen molar-refractivity contribution in [3.63, 3.8) is 0 Å². The average molecular weight is 269 g/mol. The maximum Gasteiger partial charge on any atom is 0.231 e. The van der Waals surface area contributed by atoms with Crippen LogP contribution in [-0.2, 0) is 4.79 Å². The molecule has 3 heteroatoms. The minimum absolute atomic E-state index is 0.0537. The summed E-state index contributed by atoms with van der Waals surface area (Å²) in [4.78, 5) is 12.3. The van der Waals surface area contributed by atoms with Crippen molar-refractivity contribution < 1.29 is 9.90 Å². The summed E-state index contributed by atoms with van der Waals surface area (Å²) >= 11 is 0. The molecule has 0 bridgehead atoms. The van der Waals surface area contributed by atoms with Crippen LogP contribution < -0.4 is 5.32 Å². The van der Waals surface area contributed by atoms with Gasteiger partial charge in [-0.2, -0.15) is 0 Å². The van der Waals surface area contributed by atoms with Crippen molar-refractivity contribution in [3.05, 3.63) is 59.7 Å². The summed E-state index contributed by atoms with van der Waals surface area (Å²) in [7, 11) is 0. The SMILES string of the molecule is CC[C@@H](C(=O)Nc1ccc(C)c(O)c1)c1ccccc1. The van der Waals surface area contributed by atoms with E-state index >= 15 is 0 Å². The number of phenols is 1. The monoisotopic (exact) mass is 269 g/mol. The minimum atomic E-state index is -0.181. The molecule has 0 radical (unpaired) electrons. The molecule has 104 valence electrons. The molecule has 0 aliphatic heterocycles. The average Bonchev–Trinajstić information content (AvgIpc) is 2.45. The Morgan fingerprint density at radius 1 is 1.20 bits per heavy atom. The summed E-state index contributed by atoms with van der Waals surface area (Å²) in [5.41, 5.74) is 2.41. The number of rotatable bonds is 4. The van der Waals surface area contributed by atoms with E-state index < -0.39 is 0 Å². The molecule has 0 unspecified atom stereocenters. The van der Waals surface area contributed by atoms with Gasteiger partial charge in [0.1, 0.15) is 5.75 Å². The lowest BCUT2D eigenvalue weighted by Gasteiger charge is -2.15. The standard InChI is InChI=1S/C17H19NO2/c1-3-15(13-7-5-4-6-8-13)17(20)18-14-10-9-12(2)16(19)11-14/h4-11,15,19H,3H2,1-2H3,(H,18,20)/t15-/m1/s1. The fraction of sp³-hybridized carbons (Fsp3) is 0.235. The Labute approximate surface area is 119 Å². The molecule has 3 nitrogen and oxygen atoms in total. The van der Waals surface area contributed by atoms with Crippen molar-refractivity contribution in [1.29, 1.82) is 0 Å². The molecule has 2 aromatic rings. The third-order valence-electron chi connectivity index (χ3n) is 3.40. The van der Waals surface area contributed by atoms with Crippen molar-refractivity contribution in [1.82, 2.24) is 0 Å². The predicted molar refractivity (Wildman–Crippen MR) is 80.9 cm³/mol. The van der Waals surface area contributed by atoms with Gasteiger partial charge in [0.25, 0.3) is 0 Å². The van der Waals surface area contributed by atoms with E-state index in [1.165, 1.54) is 0 Å². The molecule has 2 rings (SSSR count). The number of aryl methyl sites for hydroxylation is 1. The molecule has 0 fully saturated rings. The highest BCUT2D eigenvalue weighted by molar-refractivity contribution is 5.96. The summed E-state index contributed by atoms with van der Waals surface area (Å²) in [5.74, 6) is -0.0443. The first-order valence-corrected chi connectivity index (χ1v) is 6.77. The van der Waals surface area contributed by atoms with Gasteiger partial charge in [0.15, 0.2) is 0 Å². The molecular weight excluding hydrogens is 250 g/mol. The van der Waals surface area contributed by atoms with Crippen LogP contribution in [0.15, 0.2) is 48.5 Å². The molecule has 2 N–H and O–H groups in total. The van der Waals surface area contributed by atoms with Crippen molar-refractivity contribution >= 4 is 11.6 Å². The summed E-state index contributed by atoms with van der Waals surface area (Å²) in [6.45, 7) is 3.81. The molecule has 0 heterocycles. The van der Waals surface area contributed by atoms with Gasteiger partial charge in [-0.3, -0.25) is 4.79 Å². The third-order valence-corrected chi connectivity index (χ3v) is 3.40. The molecule has 20 heavy (non-hydrogen) atoms. The van der Waals surface area contributed by atoms with Gasteiger partial charge < -0.3 is 10.4 Å². The smallest absolute Gasteiger partial charge is 0.231 e. The second-order valence-electron chi connectivity index (χ2n) is 4.86. The van der Waals surface area contributed by atoms with E-state index in [1.807, 2.05) is 44.2 Å². The summed E-state index contributed by atoms with van der Waals surface area (Å²) in [6, 6.07) is 14.9. The van der Waals surface area contributed by atoms with E-state index in [-0.39, 0.29) is 17.6 Å². The molecule has 0 saturated heterocycles. The Bertz CT molecular complexity index is 593. The largest absolute Gasteiger partial charge is 0.508 e. The number of aromatic hydroxyl groups is 1. The Morgan fingerprint density at radius 2 is 1.90 bits per heavy atom. The van der Waals surface area contributed by atoms with Crippen molar-refractivity contribution in [2.24, 2.45) is 0 Å². The van der Waals surface area contributed by atoms with Gasteiger partial charge in [-0.05, 0) is 30.5 Å². The molecule has 0 aliphatic rings. The predicted octanol–water partition coefficient (Wildman–Crippen LogP) is 3.83. The molecule has 1 atom stereocenters. The maximum absolute atomic E-state index is 12.3. The van der Waals surface area contributed by atoms with Gasteiger partial charge in [-0.1, -0.05) is 43.3 Å². The first-order chi connectivity index (χ1) is 9.61. The highest BCUT2D eigenvalue weighted by atomic mass is 16.3. The number of hydrogen-bond acceptors (Lipinski definition) is 2. The van der Waals surface area contributed by atoms with E-state index in [9.17, 15) is 9.90 Å². The number of carbonyl (C=O) groups is 1. The number of phenolic OH excluding ortho intramolecular Hbond substituents is 1. The van der Waals surface area contributed by atoms with Gasteiger partial charge in [0.05, 0.1) is 5.92 Å². The van der Waals surface area contributed by atoms with E-state index in [2.05, 4.69) is 5.32 Å². The van der Waals surface area contributed by atoms with Crippen LogP contribution in [0.25, 0.3) is 0 Å². The van der Waals surface area contributed by atoms with Crippen LogP contribution in [0.1, 0.15) is 30.4 Å². The lowest BCUT2D eigenvalue weighted by molar-refractivity contribution is -0.117. The van der Waals surface area contributed by atoms with Gasteiger partial charge in [0, 0.05) is 11.8 Å². The maximum atomic E-state index is 12.3. The van der Waals surface area contributed by atoms with Crippen LogP contribution in [0.3, 0.4) is 0 Å². The van der Waals surface area contributed by atoms with Crippen molar-refractivity contribution in [3.8, 4) is 5.75 Å². The highest BCUT2D eigenvalue weighted by Crippen LogP contribution is 2.24. The number of nitrogens with one attached hydrogen (secondary N) is 1. The zero-order chi connectivity index (χ0) is 14.5. The Kier molecular flexibility index (Phi) is 4.41. The quantitative estimate of drug-likeness (QED) is 0.886. The van der Waals surface area contributed by atoms with Gasteiger partial charge in [-0.15, -0.1) is 0 Å². The lowest BCUT2D eigenvalue weighted by Crippen LogP contribution is -2.20. The minimum Gasteiger partial charge on any atom is -0.508 e. The highest BCUT2D eigenvalue weighted by Gasteiger charge is 2.18. The van der Waals surface area contributed by atoms with Crippen LogP contribution >= 0.6 is 0 Å². The molecule has 2 aromatic carbocycles. The van der Waals surface area contributed by atoms with Crippen LogP contribution in [0.5, 0.6) is 5.75 Å². The lowest BCUT2D eigenvalue weighted by atomic mass is 9.95. The summed E-state index contributed by atoms with van der Waals surface area (Å²) < 4.78 is 0. The third kappa shape index (κ3) is 3.18. The van der Waals surface area contributed by atoms with Crippen molar-refractivity contribution in [2.45, 2.75) is 26.2 Å². The number of carbonyl (C=O) groups excluding carboxylic acids is 1. The molecule has 0 aliphatic carbocycles. The fourth-order valence-corrected chi connectivity index (χ4v) is 2.17. The fourth-order valence-electron chi connectivity index (χ4n) is 2.17. The Morgan fingerprint density at radius 3 is 2.50 bits per heavy atom. The molecular formula is C17H19NO2. The number of anilines is 1. The second kappa shape index (κ2) is 6.24. The van der Waals surface area contributed by atoms with Crippen LogP contribution in [0.4, 0.5) is 5.69 Å². The summed E-state index contributed by atoms with van der Waals surface area (Å²) in [6.07, 6.45) is 0.730. The summed E-state index contributed by atoms with van der Waals surface area (Å²) in [5, 5.41) is 12.5. The van der Waals surface area contributed by atoms with Crippen LogP contribution in [0.2, 0.25) is 0 Å². The molecule has 0 saturated carbocycles. The van der Waals surface area contributed by atoms with Crippen LogP contribution in [0, 0.1) is 6.92 Å². The second-order valence-corrected chi connectivity index (χ2v) is 4.86. The topological polar surface area (TPSA) is 49.3 Å². The van der Waals surface area contributed by atoms with E-state index in [0.29, 0.717) is 5.69 Å². The van der Waals surface area contributed by atoms with E-state index in [4.69, 9.17) is 0 Å². The van der Waals surface area contributed by atoms with E-state index in [0.717, 1.165) is 17.5 Å². The Hall–Kier alpha value is -2.29. The molecule has 0 spiro atoms. The first-order valence-electron chi connectivity index (χ1n) is 6.77. The van der Waals surface area contributed by atoms with Gasteiger partial charge in [-0.25, -0.2) is 0 Å². The number of benzene rings is 2. The van der Waals surface area contributed by atoms with Gasteiger partial charge >= 0.3 is 0 Å². The van der Waals surface area contributed by atoms with E-state index in [1.54, 1.807) is 18.2 Å². The number of amides is 1. The molecule has 1 amide bonds. The van der Waals surface area contributed by atoms with Crippen molar-refractivity contribution in [2.75, 3.05) is 5.32 Å². The Balaban J connectivity index is 2.15. The number of hydrogen-bond donors (Lipinski definition) is 2. The normalized spacial score (nSPS) is 11.9.